The van der Waals surface area contributed by atoms with Crippen molar-refractivity contribution in [2.24, 2.45) is 0 Å². The van der Waals surface area contributed by atoms with Crippen molar-refractivity contribution in [3.8, 4) is 5.75 Å². The van der Waals surface area contributed by atoms with Crippen molar-refractivity contribution in [3.63, 3.8) is 0 Å². The van der Waals surface area contributed by atoms with Crippen LogP contribution in [0, 0.1) is 6.92 Å². The van der Waals surface area contributed by atoms with Gasteiger partial charge in [0, 0.05) is 30.0 Å². The zero-order chi connectivity index (χ0) is 19.2. The highest BCUT2D eigenvalue weighted by Gasteiger charge is 2.09. The van der Waals surface area contributed by atoms with Crippen LogP contribution in [0.4, 0.5) is 0 Å². The Labute approximate surface area is 170 Å². The van der Waals surface area contributed by atoms with Gasteiger partial charge < -0.3 is 10.1 Å². The number of aryl methyl sites for hydroxylation is 2. The van der Waals surface area contributed by atoms with Gasteiger partial charge in [-0.25, -0.2) is 4.68 Å². The number of rotatable bonds is 8. The number of nitrogens with one attached hydrogen (secondary N) is 1. The summed E-state index contributed by atoms with van der Waals surface area (Å²) in [6.45, 7) is 3.46. The van der Waals surface area contributed by atoms with Gasteiger partial charge in [0.25, 0.3) is 5.91 Å². The van der Waals surface area contributed by atoms with Crippen LogP contribution in [0.3, 0.4) is 0 Å². The lowest BCUT2D eigenvalue weighted by molar-refractivity contribution is 0.0945. The van der Waals surface area contributed by atoms with Gasteiger partial charge in [0.1, 0.15) is 11.4 Å². The Kier molecular flexibility index (Phi) is 6.52. The van der Waals surface area contributed by atoms with Gasteiger partial charge >= 0.3 is 0 Å². The number of hydrogen-bond donors (Lipinski definition) is 1. The second-order valence-corrected chi connectivity index (χ2v) is 7.30. The Bertz CT molecular complexity index is 924. The van der Waals surface area contributed by atoms with Crippen LogP contribution in [0.2, 0.25) is 5.02 Å². The second kappa shape index (κ2) is 9.05. The maximum Gasteiger partial charge on any atom is 0.271 e. The lowest BCUT2D eigenvalue weighted by Crippen LogP contribution is -2.26. The Hall–Kier alpha value is -2.32. The highest BCUT2D eigenvalue weighted by atomic mass is 79.9. The summed E-state index contributed by atoms with van der Waals surface area (Å²) in [6, 6.07) is 7.01. The first-order valence-corrected chi connectivity index (χ1v) is 9.57. The fourth-order valence-electron chi connectivity index (χ4n) is 2.41. The van der Waals surface area contributed by atoms with Crippen LogP contribution in [-0.4, -0.2) is 32.0 Å². The summed E-state index contributed by atoms with van der Waals surface area (Å²) >= 11 is 9.46. The molecule has 3 aromatic rings. The van der Waals surface area contributed by atoms with E-state index in [2.05, 4.69) is 31.4 Å². The third-order valence-corrected chi connectivity index (χ3v) is 4.52. The first-order chi connectivity index (χ1) is 13.0. The summed E-state index contributed by atoms with van der Waals surface area (Å²) in [5.74, 6) is 0.335. The topological polar surface area (TPSA) is 74.0 Å². The molecule has 142 valence electrons. The standard InChI is InChI=1S/C18H19BrClN5O2/c1-13-10-22-24(11-13)7-2-6-21-18(26)16-5-8-25(23-16)12-27-17-4-3-14(19)9-15(17)20/h3-5,8-11H,2,6-7,12H2,1H3,(H,21,26). The number of benzene rings is 1. The van der Waals surface area contributed by atoms with Crippen LogP contribution in [0.25, 0.3) is 0 Å². The smallest absolute Gasteiger partial charge is 0.271 e. The van der Waals surface area contributed by atoms with E-state index >= 15 is 0 Å². The lowest BCUT2D eigenvalue weighted by atomic mass is 10.3. The Morgan fingerprint density at radius 1 is 1.33 bits per heavy atom. The average molecular weight is 453 g/mol. The molecule has 0 aliphatic rings. The molecule has 0 atom stereocenters. The largest absolute Gasteiger partial charge is 0.470 e. The fraction of sp³-hybridized carbons (Fsp3) is 0.278. The van der Waals surface area contributed by atoms with Crippen LogP contribution < -0.4 is 10.1 Å². The average Bonchev–Trinajstić information content (AvgIpc) is 3.27. The molecule has 1 amide bonds. The van der Waals surface area contributed by atoms with Crippen molar-refractivity contribution < 1.29 is 9.53 Å². The number of ether oxygens (including phenoxy) is 1. The van der Waals surface area contributed by atoms with Crippen LogP contribution in [0.5, 0.6) is 5.75 Å². The highest BCUT2D eigenvalue weighted by molar-refractivity contribution is 9.10. The van der Waals surface area contributed by atoms with Crippen LogP contribution >= 0.6 is 27.5 Å². The van der Waals surface area contributed by atoms with Crippen molar-refractivity contribution in [2.75, 3.05) is 6.54 Å². The van der Waals surface area contributed by atoms with E-state index in [-0.39, 0.29) is 12.6 Å². The molecule has 0 bridgehead atoms. The monoisotopic (exact) mass is 451 g/mol. The number of carbonyl (C=O) groups is 1. The summed E-state index contributed by atoms with van der Waals surface area (Å²) in [7, 11) is 0. The number of aromatic nitrogens is 4. The van der Waals surface area contributed by atoms with Gasteiger partial charge in [-0.1, -0.05) is 27.5 Å². The third kappa shape index (κ3) is 5.58. The van der Waals surface area contributed by atoms with E-state index in [1.54, 1.807) is 29.1 Å². The molecule has 0 saturated heterocycles. The number of carbonyl (C=O) groups excluding carboxylic acids is 1. The van der Waals surface area contributed by atoms with Gasteiger partial charge in [-0.2, -0.15) is 10.2 Å². The normalized spacial score (nSPS) is 10.8. The summed E-state index contributed by atoms with van der Waals surface area (Å²) in [4.78, 5) is 12.2. The molecule has 1 aromatic carbocycles. The van der Waals surface area contributed by atoms with E-state index in [1.165, 1.54) is 0 Å². The van der Waals surface area contributed by atoms with Gasteiger partial charge in [-0.05, 0) is 43.2 Å². The predicted octanol–water partition coefficient (Wildman–Crippen LogP) is 3.66. The zero-order valence-corrected chi connectivity index (χ0v) is 17.1. The molecule has 1 N–H and O–H groups in total. The number of amides is 1. The molecule has 0 aliphatic carbocycles. The maximum absolute atomic E-state index is 12.2. The minimum Gasteiger partial charge on any atom is -0.470 e. The van der Waals surface area contributed by atoms with Gasteiger partial charge in [-0.15, -0.1) is 0 Å². The summed E-state index contributed by atoms with van der Waals surface area (Å²) < 4.78 is 9.91. The van der Waals surface area contributed by atoms with E-state index in [0.29, 0.717) is 23.0 Å². The molecule has 0 spiro atoms. The molecule has 27 heavy (non-hydrogen) atoms. The van der Waals surface area contributed by atoms with E-state index < -0.39 is 0 Å². The quantitative estimate of drug-likeness (QED) is 0.529. The highest BCUT2D eigenvalue weighted by Crippen LogP contribution is 2.27. The molecule has 0 saturated carbocycles. The Morgan fingerprint density at radius 3 is 2.93 bits per heavy atom. The molecule has 2 aromatic heterocycles. The Morgan fingerprint density at radius 2 is 2.19 bits per heavy atom. The van der Waals surface area contributed by atoms with Gasteiger partial charge in [0.05, 0.1) is 11.2 Å². The molecule has 0 aliphatic heterocycles. The van der Waals surface area contributed by atoms with Gasteiger partial charge in [-0.3, -0.25) is 9.48 Å². The first kappa shape index (κ1) is 19.4. The molecule has 9 heteroatoms. The van der Waals surface area contributed by atoms with E-state index in [0.717, 1.165) is 23.0 Å². The van der Waals surface area contributed by atoms with Crippen molar-refractivity contribution in [3.05, 3.63) is 63.6 Å². The van der Waals surface area contributed by atoms with E-state index in [9.17, 15) is 4.79 Å². The van der Waals surface area contributed by atoms with E-state index in [1.807, 2.05) is 30.1 Å². The summed E-state index contributed by atoms with van der Waals surface area (Å²) in [5.41, 5.74) is 1.46. The van der Waals surface area contributed by atoms with E-state index in [4.69, 9.17) is 16.3 Å². The number of hydrogen-bond acceptors (Lipinski definition) is 4. The van der Waals surface area contributed by atoms with Crippen molar-refractivity contribution in [1.29, 1.82) is 0 Å². The van der Waals surface area contributed by atoms with Crippen molar-refractivity contribution in [1.82, 2.24) is 24.9 Å². The predicted molar refractivity (Wildman–Crippen MR) is 106 cm³/mol. The van der Waals surface area contributed by atoms with Crippen molar-refractivity contribution in [2.45, 2.75) is 26.6 Å². The minimum absolute atomic E-state index is 0.160. The minimum atomic E-state index is -0.216. The maximum atomic E-state index is 12.2. The van der Waals surface area contributed by atoms with Gasteiger partial charge in [0.2, 0.25) is 0 Å². The molecule has 3 rings (SSSR count). The molecule has 2 heterocycles. The molecule has 0 fully saturated rings. The fourth-order valence-corrected chi connectivity index (χ4v) is 3.13. The Balaban J connectivity index is 1.44. The third-order valence-electron chi connectivity index (χ3n) is 3.73. The molecular weight excluding hydrogens is 434 g/mol. The second-order valence-electron chi connectivity index (χ2n) is 5.98. The SMILES string of the molecule is Cc1cnn(CCCNC(=O)c2ccn(COc3ccc(Br)cc3Cl)n2)c1. The van der Waals surface area contributed by atoms with Gasteiger partial charge in [0.15, 0.2) is 6.73 Å². The van der Waals surface area contributed by atoms with Crippen LogP contribution in [-0.2, 0) is 13.3 Å². The summed E-state index contributed by atoms with van der Waals surface area (Å²) in [5, 5.41) is 11.8. The lowest BCUT2D eigenvalue weighted by Gasteiger charge is -2.08. The van der Waals surface area contributed by atoms with Crippen molar-refractivity contribution >= 4 is 33.4 Å². The van der Waals surface area contributed by atoms with Crippen LogP contribution in [0.1, 0.15) is 22.5 Å². The molecular formula is C18H19BrClN5O2. The molecule has 7 nitrogen and oxygen atoms in total. The molecule has 0 unspecified atom stereocenters. The zero-order valence-electron chi connectivity index (χ0n) is 14.7. The number of nitrogens with zero attached hydrogens (tertiary/aromatic N) is 4. The van der Waals surface area contributed by atoms with Crippen LogP contribution in [0.15, 0.2) is 47.3 Å². The number of halogens is 2. The molecule has 0 radical (unpaired) electrons. The first-order valence-electron chi connectivity index (χ1n) is 8.40. The summed E-state index contributed by atoms with van der Waals surface area (Å²) in [6.07, 6.45) is 6.27.